The lowest BCUT2D eigenvalue weighted by molar-refractivity contribution is 0.280. The molecule has 0 saturated heterocycles. The molecule has 0 unspecified atom stereocenters. The molecule has 0 heterocycles. The van der Waals surface area contributed by atoms with Gasteiger partial charge in [0, 0.05) is 38.6 Å². The Morgan fingerprint density at radius 2 is 0.960 bits per heavy atom. The Morgan fingerprint density at radius 1 is 0.580 bits per heavy atom. The predicted octanol–water partition coefficient (Wildman–Crippen LogP) is 6.00. The lowest BCUT2D eigenvalue weighted by Crippen LogP contribution is -2.27. The molecule has 3 aromatic carbocycles. The van der Waals surface area contributed by atoms with Crippen molar-refractivity contribution in [3.05, 3.63) is 104 Å². The largest absolute Gasteiger partial charge is 0.492 e. The molecular formula is C38H56Br2N8O2. The number of ether oxygens (including phenoxy) is 2. The van der Waals surface area contributed by atoms with E-state index in [1.165, 1.54) is 11.1 Å². The van der Waals surface area contributed by atoms with Gasteiger partial charge in [0.15, 0.2) is 0 Å². The van der Waals surface area contributed by atoms with Crippen LogP contribution < -0.4 is 32.6 Å². The zero-order valence-corrected chi connectivity index (χ0v) is 33.3. The first-order valence-corrected chi connectivity index (χ1v) is 18.7. The van der Waals surface area contributed by atoms with Gasteiger partial charge in [-0.3, -0.25) is 0 Å². The van der Waals surface area contributed by atoms with E-state index in [0.717, 1.165) is 83.2 Å². The number of hydrogen-bond donors (Lipinski definition) is 4. The Bertz CT molecular complexity index is 1400. The lowest BCUT2D eigenvalue weighted by Gasteiger charge is -2.16. The third-order valence-electron chi connectivity index (χ3n) is 7.93. The molecule has 50 heavy (non-hydrogen) atoms. The third kappa shape index (κ3) is 15.3. The number of nitrogens with zero attached hydrogens (tertiary/aromatic N) is 4. The summed E-state index contributed by atoms with van der Waals surface area (Å²) in [5.41, 5.74) is 18.1. The fourth-order valence-electron chi connectivity index (χ4n) is 5.18. The number of rotatable bonds is 22. The Morgan fingerprint density at radius 3 is 1.30 bits per heavy atom. The van der Waals surface area contributed by atoms with Crippen LogP contribution in [-0.2, 0) is 12.8 Å². The highest BCUT2D eigenvalue weighted by Crippen LogP contribution is 2.28. The van der Waals surface area contributed by atoms with E-state index in [9.17, 15) is 0 Å². The summed E-state index contributed by atoms with van der Waals surface area (Å²) in [7, 11) is 8.26. The Labute approximate surface area is 316 Å². The van der Waals surface area contributed by atoms with Crippen LogP contribution in [0.5, 0.6) is 11.5 Å². The van der Waals surface area contributed by atoms with Crippen molar-refractivity contribution in [2.75, 3.05) is 67.6 Å². The molecule has 0 aliphatic rings. The maximum Gasteiger partial charge on any atom is 0.133 e. The van der Waals surface area contributed by atoms with Gasteiger partial charge in [-0.2, -0.15) is 0 Å². The molecule has 0 fully saturated rings. The monoisotopic (exact) mass is 814 g/mol. The minimum Gasteiger partial charge on any atom is -0.492 e. The second-order valence-electron chi connectivity index (χ2n) is 13.0. The standard InChI is InChI=1S/C38H56Br2N8O2/c1-45(2)19-7-23-49-37-17-11-29(25-33(37)39)9-5-21-47(43)27-35(41)31-13-15-32(16-14-31)36(42)28-48(44)22-6-10-30-12-18-38(34(40)26-30)50-24-8-20-46(3)4/h11-18,25-28H,5-10,19-24,41-44H2,1-4H3/b35-27-,36-28-. The van der Waals surface area contributed by atoms with Gasteiger partial charge in [-0.25, -0.2) is 11.7 Å². The molecule has 0 amide bonds. The molecule has 0 aromatic heterocycles. The number of hydrogen-bond acceptors (Lipinski definition) is 10. The smallest absolute Gasteiger partial charge is 0.133 e. The molecule has 274 valence electrons. The number of halogens is 2. The lowest BCUT2D eigenvalue weighted by atomic mass is 10.1. The summed E-state index contributed by atoms with van der Waals surface area (Å²) in [6, 6.07) is 20.2. The van der Waals surface area contributed by atoms with Crippen LogP contribution in [0.3, 0.4) is 0 Å². The van der Waals surface area contributed by atoms with Crippen molar-refractivity contribution >= 4 is 43.3 Å². The molecule has 8 N–H and O–H groups in total. The highest BCUT2D eigenvalue weighted by Gasteiger charge is 2.07. The molecule has 0 saturated carbocycles. The second-order valence-corrected chi connectivity index (χ2v) is 14.7. The third-order valence-corrected chi connectivity index (χ3v) is 9.17. The molecule has 0 aliphatic carbocycles. The highest BCUT2D eigenvalue weighted by molar-refractivity contribution is 9.10. The molecule has 3 aromatic rings. The average molecular weight is 817 g/mol. The maximum absolute atomic E-state index is 6.38. The summed E-state index contributed by atoms with van der Waals surface area (Å²) in [5.74, 6) is 14.3. The maximum atomic E-state index is 6.38. The van der Waals surface area contributed by atoms with Crippen LogP contribution in [0.1, 0.15) is 47.9 Å². The van der Waals surface area contributed by atoms with Crippen molar-refractivity contribution in [3.63, 3.8) is 0 Å². The summed E-state index contributed by atoms with van der Waals surface area (Å²) < 4.78 is 13.8. The molecule has 0 atom stereocenters. The van der Waals surface area contributed by atoms with E-state index in [4.69, 9.17) is 32.6 Å². The van der Waals surface area contributed by atoms with Crippen molar-refractivity contribution in [1.29, 1.82) is 0 Å². The first-order chi connectivity index (χ1) is 23.9. The first-order valence-electron chi connectivity index (χ1n) is 17.1. The van der Waals surface area contributed by atoms with E-state index in [0.29, 0.717) is 37.7 Å². The molecule has 0 aliphatic heterocycles. The van der Waals surface area contributed by atoms with Crippen molar-refractivity contribution in [2.45, 2.75) is 38.5 Å². The van der Waals surface area contributed by atoms with Gasteiger partial charge in [0.2, 0.25) is 0 Å². The Balaban J connectivity index is 1.40. The highest BCUT2D eigenvalue weighted by atomic mass is 79.9. The fraction of sp³-hybridized carbons (Fsp3) is 0.421. The number of nitrogens with two attached hydrogens (primary N) is 4. The van der Waals surface area contributed by atoms with E-state index in [1.54, 1.807) is 22.4 Å². The normalized spacial score (nSPS) is 12.1. The van der Waals surface area contributed by atoms with E-state index < -0.39 is 0 Å². The first kappa shape index (κ1) is 41.2. The van der Waals surface area contributed by atoms with E-state index in [1.807, 2.05) is 36.4 Å². The van der Waals surface area contributed by atoms with Gasteiger partial charge in [-0.15, -0.1) is 0 Å². The minimum absolute atomic E-state index is 0.580. The quantitative estimate of drug-likeness (QED) is 0.0544. The average Bonchev–Trinajstić information content (AvgIpc) is 3.06. The summed E-state index contributed by atoms with van der Waals surface area (Å²) >= 11 is 7.28. The van der Waals surface area contributed by atoms with Crippen LogP contribution >= 0.6 is 31.9 Å². The predicted molar refractivity (Wildman–Crippen MR) is 215 cm³/mol. The minimum atomic E-state index is 0.580. The van der Waals surface area contributed by atoms with Crippen LogP contribution in [0.15, 0.2) is 82.0 Å². The van der Waals surface area contributed by atoms with Gasteiger partial charge >= 0.3 is 0 Å². The molecule has 3 rings (SSSR count). The van der Waals surface area contributed by atoms with Gasteiger partial charge < -0.3 is 40.8 Å². The second kappa shape index (κ2) is 21.8. The zero-order valence-electron chi connectivity index (χ0n) is 30.1. The molecular weight excluding hydrogens is 760 g/mol. The SMILES string of the molecule is CN(C)CCCOc1ccc(CCCN(N)/C=C(\N)c2ccc(/C(N)=C/N(N)CCCc3ccc(OCCCN(C)C)c(Br)c3)cc2)cc1Br. The summed E-state index contributed by atoms with van der Waals surface area (Å²) in [5, 5.41) is 3.27. The van der Waals surface area contributed by atoms with Gasteiger partial charge in [-0.05, 0) is 145 Å². The molecule has 12 heteroatoms. The van der Waals surface area contributed by atoms with Crippen LogP contribution in [-0.4, -0.2) is 87.4 Å². The molecule has 0 spiro atoms. The van der Waals surface area contributed by atoms with Crippen LogP contribution in [0, 0.1) is 0 Å². The summed E-state index contributed by atoms with van der Waals surface area (Å²) in [6.07, 6.45) is 9.03. The number of benzene rings is 3. The van der Waals surface area contributed by atoms with Crippen molar-refractivity contribution in [2.24, 2.45) is 23.2 Å². The van der Waals surface area contributed by atoms with Gasteiger partial charge in [0.1, 0.15) is 11.5 Å². The van der Waals surface area contributed by atoms with Gasteiger partial charge in [-0.1, -0.05) is 36.4 Å². The van der Waals surface area contributed by atoms with Crippen LogP contribution in [0.2, 0.25) is 0 Å². The van der Waals surface area contributed by atoms with Gasteiger partial charge in [0.05, 0.1) is 33.6 Å². The zero-order chi connectivity index (χ0) is 36.5. The van der Waals surface area contributed by atoms with Crippen LogP contribution in [0.4, 0.5) is 0 Å². The van der Waals surface area contributed by atoms with E-state index in [2.05, 4.69) is 94.1 Å². The van der Waals surface area contributed by atoms with E-state index >= 15 is 0 Å². The topological polar surface area (TPSA) is 136 Å². The fourth-order valence-corrected chi connectivity index (χ4v) is 6.26. The summed E-state index contributed by atoms with van der Waals surface area (Å²) in [4.78, 5) is 4.31. The van der Waals surface area contributed by atoms with Crippen molar-refractivity contribution in [1.82, 2.24) is 19.8 Å². The molecule has 10 nitrogen and oxygen atoms in total. The Kier molecular flexibility index (Phi) is 18.0. The number of aryl methyl sites for hydroxylation is 2. The van der Waals surface area contributed by atoms with E-state index in [-0.39, 0.29) is 0 Å². The van der Waals surface area contributed by atoms with Crippen molar-refractivity contribution in [3.8, 4) is 11.5 Å². The summed E-state index contributed by atoms with van der Waals surface area (Å²) in [6.45, 7) is 4.71. The van der Waals surface area contributed by atoms with Gasteiger partial charge in [0.25, 0.3) is 0 Å². The number of hydrazine groups is 2. The molecule has 0 radical (unpaired) electrons. The molecule has 0 bridgehead atoms. The van der Waals surface area contributed by atoms with Crippen molar-refractivity contribution < 1.29 is 9.47 Å². The Hall–Kier alpha value is -3.26. The van der Waals surface area contributed by atoms with Crippen LogP contribution in [0.25, 0.3) is 11.4 Å².